The van der Waals surface area contributed by atoms with E-state index in [4.69, 9.17) is 12.2 Å². The highest BCUT2D eigenvalue weighted by atomic mass is 32.1. The van der Waals surface area contributed by atoms with E-state index >= 15 is 0 Å². The lowest BCUT2D eigenvalue weighted by Gasteiger charge is -2.24. The first kappa shape index (κ1) is 13.7. The fourth-order valence-corrected chi connectivity index (χ4v) is 2.42. The number of aromatic nitrogens is 1. The highest BCUT2D eigenvalue weighted by Gasteiger charge is 2.14. The maximum absolute atomic E-state index is 10.5. The van der Waals surface area contributed by atoms with Crippen LogP contribution in [0.25, 0.3) is 0 Å². The van der Waals surface area contributed by atoms with Crippen molar-refractivity contribution >= 4 is 28.8 Å². The minimum atomic E-state index is -0.477. The molecule has 0 radical (unpaired) electrons. The fraction of sp³-hybridized carbons (Fsp3) is 0.500. The van der Waals surface area contributed by atoms with Gasteiger partial charge in [-0.3, -0.25) is 10.1 Å². The zero-order chi connectivity index (χ0) is 13.7. The first-order valence-electron chi connectivity index (χ1n) is 6.33. The maximum atomic E-state index is 10.5. The Hall–Kier alpha value is -1.76. The summed E-state index contributed by atoms with van der Waals surface area (Å²) < 4.78 is 0. The van der Waals surface area contributed by atoms with Crippen LogP contribution in [-0.4, -0.2) is 21.1 Å². The first-order chi connectivity index (χ1) is 9.15. The average Bonchev–Trinajstić information content (AvgIpc) is 2.40. The molecule has 1 saturated carbocycles. The summed E-state index contributed by atoms with van der Waals surface area (Å²) in [6.45, 7) is 0. The Balaban J connectivity index is 1.85. The van der Waals surface area contributed by atoms with Crippen molar-refractivity contribution in [1.82, 2.24) is 10.3 Å². The van der Waals surface area contributed by atoms with Crippen LogP contribution >= 0.6 is 12.2 Å². The normalized spacial score (nSPS) is 15.8. The van der Waals surface area contributed by atoms with Gasteiger partial charge in [-0.1, -0.05) is 19.3 Å². The van der Waals surface area contributed by atoms with Crippen molar-refractivity contribution < 1.29 is 4.92 Å². The molecular weight excluding hydrogens is 264 g/mol. The van der Waals surface area contributed by atoms with Gasteiger partial charge in [-0.25, -0.2) is 4.98 Å². The van der Waals surface area contributed by atoms with Gasteiger partial charge in [0.05, 0.1) is 4.92 Å². The SMILES string of the molecule is O=[N+]([O-])c1ccc(NC(=S)NC2CCCCC2)nc1. The van der Waals surface area contributed by atoms with Crippen molar-refractivity contribution in [2.45, 2.75) is 38.1 Å². The van der Waals surface area contributed by atoms with Gasteiger partial charge in [0.25, 0.3) is 5.69 Å². The predicted molar refractivity (Wildman–Crippen MR) is 77.1 cm³/mol. The fourth-order valence-electron chi connectivity index (χ4n) is 2.15. The monoisotopic (exact) mass is 280 g/mol. The molecule has 0 aliphatic heterocycles. The summed E-state index contributed by atoms with van der Waals surface area (Å²) in [5, 5.41) is 17.2. The smallest absolute Gasteiger partial charge is 0.287 e. The number of pyridine rings is 1. The van der Waals surface area contributed by atoms with Crippen molar-refractivity contribution in [2.75, 3.05) is 5.32 Å². The molecule has 1 aromatic rings. The van der Waals surface area contributed by atoms with Crippen molar-refractivity contribution in [3.8, 4) is 0 Å². The minimum absolute atomic E-state index is 0.0308. The van der Waals surface area contributed by atoms with E-state index in [-0.39, 0.29) is 5.69 Å². The summed E-state index contributed by atoms with van der Waals surface area (Å²) in [6.07, 6.45) is 7.24. The topological polar surface area (TPSA) is 80.1 Å². The number of nitrogens with one attached hydrogen (secondary N) is 2. The van der Waals surface area contributed by atoms with Crippen LogP contribution < -0.4 is 10.6 Å². The lowest BCUT2D eigenvalue weighted by Crippen LogP contribution is -2.38. The van der Waals surface area contributed by atoms with Crippen LogP contribution in [-0.2, 0) is 0 Å². The van der Waals surface area contributed by atoms with Gasteiger partial charge in [-0.15, -0.1) is 0 Å². The molecule has 19 heavy (non-hydrogen) atoms. The Kier molecular flexibility index (Phi) is 4.62. The van der Waals surface area contributed by atoms with Crippen LogP contribution in [0, 0.1) is 10.1 Å². The molecule has 0 unspecified atom stereocenters. The second kappa shape index (κ2) is 6.42. The van der Waals surface area contributed by atoms with E-state index in [1.165, 1.54) is 31.5 Å². The van der Waals surface area contributed by atoms with Crippen molar-refractivity contribution in [1.29, 1.82) is 0 Å². The highest BCUT2D eigenvalue weighted by Crippen LogP contribution is 2.17. The third kappa shape index (κ3) is 4.13. The van der Waals surface area contributed by atoms with Gasteiger partial charge in [-0.2, -0.15) is 0 Å². The number of hydrogen-bond acceptors (Lipinski definition) is 4. The molecule has 1 aliphatic carbocycles. The van der Waals surface area contributed by atoms with Gasteiger partial charge in [0.15, 0.2) is 5.11 Å². The van der Waals surface area contributed by atoms with E-state index in [0.717, 1.165) is 12.8 Å². The molecule has 102 valence electrons. The van der Waals surface area contributed by atoms with Gasteiger partial charge in [0.2, 0.25) is 0 Å². The van der Waals surface area contributed by atoms with E-state index in [9.17, 15) is 10.1 Å². The number of hydrogen-bond donors (Lipinski definition) is 2. The van der Waals surface area contributed by atoms with E-state index in [2.05, 4.69) is 15.6 Å². The van der Waals surface area contributed by atoms with Gasteiger partial charge in [0, 0.05) is 12.1 Å². The van der Waals surface area contributed by atoms with Gasteiger partial charge >= 0.3 is 0 Å². The summed E-state index contributed by atoms with van der Waals surface area (Å²) in [6, 6.07) is 3.37. The predicted octanol–water partition coefficient (Wildman–Crippen LogP) is 2.61. The van der Waals surface area contributed by atoms with Crippen LogP contribution in [0.15, 0.2) is 18.3 Å². The molecule has 1 aromatic heterocycles. The van der Waals surface area contributed by atoms with E-state index in [0.29, 0.717) is 17.0 Å². The maximum Gasteiger partial charge on any atom is 0.287 e. The molecular formula is C12H16N4O2S. The molecule has 0 saturated heterocycles. The molecule has 1 aliphatic rings. The Morgan fingerprint density at radius 2 is 2.11 bits per heavy atom. The number of anilines is 1. The molecule has 7 heteroatoms. The van der Waals surface area contributed by atoms with Crippen molar-refractivity contribution in [3.05, 3.63) is 28.4 Å². The first-order valence-corrected chi connectivity index (χ1v) is 6.74. The molecule has 1 fully saturated rings. The second-order valence-electron chi connectivity index (χ2n) is 4.59. The summed E-state index contributed by atoms with van der Waals surface area (Å²) in [7, 11) is 0. The molecule has 0 atom stereocenters. The standard InChI is InChI=1S/C12H16N4O2S/c17-16(18)10-6-7-11(13-8-10)15-12(19)14-9-4-2-1-3-5-9/h6-9H,1-5H2,(H2,13,14,15,19). The van der Waals surface area contributed by atoms with Crippen LogP contribution in [0.2, 0.25) is 0 Å². The van der Waals surface area contributed by atoms with E-state index in [1.54, 1.807) is 6.07 Å². The summed E-state index contributed by atoms with van der Waals surface area (Å²) in [5.74, 6) is 0.513. The number of rotatable bonds is 3. The van der Waals surface area contributed by atoms with Crippen LogP contribution in [0.4, 0.5) is 11.5 Å². The number of nitrogens with zero attached hydrogens (tertiary/aromatic N) is 2. The molecule has 1 heterocycles. The number of nitro groups is 1. The molecule has 2 N–H and O–H groups in total. The molecule has 6 nitrogen and oxygen atoms in total. The highest BCUT2D eigenvalue weighted by molar-refractivity contribution is 7.80. The second-order valence-corrected chi connectivity index (χ2v) is 5.00. The third-order valence-corrected chi connectivity index (χ3v) is 3.36. The van der Waals surface area contributed by atoms with Crippen molar-refractivity contribution in [2.24, 2.45) is 0 Å². The van der Waals surface area contributed by atoms with E-state index in [1.807, 2.05) is 0 Å². The summed E-state index contributed by atoms with van der Waals surface area (Å²) in [4.78, 5) is 14.0. The van der Waals surface area contributed by atoms with Crippen LogP contribution in [0.1, 0.15) is 32.1 Å². The zero-order valence-corrected chi connectivity index (χ0v) is 11.3. The van der Waals surface area contributed by atoms with Crippen molar-refractivity contribution in [3.63, 3.8) is 0 Å². The molecule has 0 aromatic carbocycles. The quantitative estimate of drug-likeness (QED) is 0.503. The van der Waals surface area contributed by atoms with E-state index < -0.39 is 4.92 Å². The largest absolute Gasteiger partial charge is 0.360 e. The summed E-state index contributed by atoms with van der Waals surface area (Å²) >= 11 is 5.21. The Morgan fingerprint density at radius 3 is 2.68 bits per heavy atom. The lowest BCUT2D eigenvalue weighted by molar-refractivity contribution is -0.385. The Morgan fingerprint density at radius 1 is 1.37 bits per heavy atom. The summed E-state index contributed by atoms with van der Waals surface area (Å²) in [5.41, 5.74) is -0.0308. The molecule has 0 amide bonds. The average molecular weight is 280 g/mol. The third-order valence-electron chi connectivity index (χ3n) is 3.14. The number of thiocarbonyl (C=S) groups is 1. The molecule has 0 spiro atoms. The molecule has 2 rings (SSSR count). The van der Waals surface area contributed by atoms with Crippen LogP contribution in [0.5, 0.6) is 0 Å². The molecule has 0 bridgehead atoms. The Bertz CT molecular complexity index is 457. The van der Waals surface area contributed by atoms with Gasteiger partial charge in [0.1, 0.15) is 12.0 Å². The van der Waals surface area contributed by atoms with Gasteiger partial charge in [-0.05, 0) is 31.1 Å². The lowest BCUT2D eigenvalue weighted by atomic mass is 9.96. The zero-order valence-electron chi connectivity index (χ0n) is 10.5. The van der Waals surface area contributed by atoms with Gasteiger partial charge < -0.3 is 10.6 Å². The Labute approximate surface area is 116 Å². The van der Waals surface area contributed by atoms with Crippen LogP contribution in [0.3, 0.4) is 0 Å². The minimum Gasteiger partial charge on any atom is -0.360 e.